The Morgan fingerprint density at radius 1 is 1.33 bits per heavy atom. The van der Waals surface area contributed by atoms with Gasteiger partial charge in [-0.1, -0.05) is 0 Å². The van der Waals surface area contributed by atoms with Crippen molar-refractivity contribution in [2.75, 3.05) is 37.7 Å². The summed E-state index contributed by atoms with van der Waals surface area (Å²) in [7, 11) is 0. The number of rotatable bonds is 3. The summed E-state index contributed by atoms with van der Waals surface area (Å²) >= 11 is 0. The van der Waals surface area contributed by atoms with E-state index in [-0.39, 0.29) is 6.61 Å². The van der Waals surface area contributed by atoms with Gasteiger partial charge in [0.2, 0.25) is 0 Å². The van der Waals surface area contributed by atoms with Crippen LogP contribution in [-0.2, 0) is 6.42 Å². The number of nitrogens with one attached hydrogen (secondary N) is 1. The molecule has 1 saturated heterocycles. The Morgan fingerprint density at radius 3 is 2.94 bits per heavy atom. The number of hydrogen-bond acceptors (Lipinski definition) is 4. The van der Waals surface area contributed by atoms with Gasteiger partial charge in [-0.05, 0) is 12.1 Å². The van der Waals surface area contributed by atoms with Gasteiger partial charge in [0.15, 0.2) is 0 Å². The highest BCUT2D eigenvalue weighted by Crippen LogP contribution is 2.18. The molecular formula is C13H18N4O. The number of aromatic nitrogens is 2. The molecule has 18 heavy (non-hydrogen) atoms. The van der Waals surface area contributed by atoms with Crippen LogP contribution in [0.15, 0.2) is 24.5 Å². The molecule has 2 aromatic heterocycles. The van der Waals surface area contributed by atoms with E-state index in [2.05, 4.69) is 27.3 Å². The Morgan fingerprint density at radius 2 is 2.17 bits per heavy atom. The van der Waals surface area contributed by atoms with Gasteiger partial charge in [0.05, 0.1) is 18.3 Å². The SMILES string of the molecule is OCCc1ncc2cc(N3CCNCC3)ccn12. The molecule has 0 unspecified atom stereocenters. The number of hydrogen-bond donors (Lipinski definition) is 2. The molecular weight excluding hydrogens is 228 g/mol. The lowest BCUT2D eigenvalue weighted by atomic mass is 10.3. The fourth-order valence-electron chi connectivity index (χ4n) is 2.45. The van der Waals surface area contributed by atoms with E-state index in [1.807, 2.05) is 16.8 Å². The number of nitrogens with zero attached hydrogens (tertiary/aromatic N) is 3. The van der Waals surface area contributed by atoms with E-state index >= 15 is 0 Å². The molecule has 0 bridgehead atoms. The zero-order chi connectivity index (χ0) is 12.4. The molecule has 0 radical (unpaired) electrons. The van der Waals surface area contributed by atoms with E-state index < -0.39 is 0 Å². The number of anilines is 1. The number of aliphatic hydroxyl groups is 1. The van der Waals surface area contributed by atoms with Gasteiger partial charge < -0.3 is 19.7 Å². The van der Waals surface area contributed by atoms with Crippen LogP contribution in [0, 0.1) is 0 Å². The van der Waals surface area contributed by atoms with Crippen molar-refractivity contribution < 1.29 is 5.11 Å². The number of imidazole rings is 1. The van der Waals surface area contributed by atoms with E-state index in [4.69, 9.17) is 5.11 Å². The van der Waals surface area contributed by atoms with Gasteiger partial charge in [0, 0.05) is 44.5 Å². The van der Waals surface area contributed by atoms with Gasteiger partial charge in [0.1, 0.15) is 5.82 Å². The maximum Gasteiger partial charge on any atom is 0.115 e. The second kappa shape index (κ2) is 4.96. The predicted molar refractivity (Wildman–Crippen MR) is 71.1 cm³/mol. The molecule has 1 aliphatic rings. The van der Waals surface area contributed by atoms with Crippen molar-refractivity contribution in [1.82, 2.24) is 14.7 Å². The Balaban J connectivity index is 1.91. The van der Waals surface area contributed by atoms with Crippen LogP contribution in [0.25, 0.3) is 5.52 Å². The molecule has 3 heterocycles. The van der Waals surface area contributed by atoms with E-state index in [0.717, 1.165) is 37.5 Å². The highest BCUT2D eigenvalue weighted by Gasteiger charge is 2.11. The largest absolute Gasteiger partial charge is 0.396 e. The maximum absolute atomic E-state index is 8.99. The summed E-state index contributed by atoms with van der Waals surface area (Å²) in [4.78, 5) is 6.73. The van der Waals surface area contributed by atoms with Crippen LogP contribution in [0.1, 0.15) is 5.82 Å². The molecule has 5 heteroatoms. The number of fused-ring (bicyclic) bond motifs is 1. The summed E-state index contributed by atoms with van der Waals surface area (Å²) in [6.07, 6.45) is 4.52. The highest BCUT2D eigenvalue weighted by molar-refractivity contribution is 5.59. The van der Waals surface area contributed by atoms with Crippen molar-refractivity contribution in [3.63, 3.8) is 0 Å². The predicted octanol–water partition coefficient (Wildman–Crippen LogP) is 0.279. The smallest absolute Gasteiger partial charge is 0.115 e. The molecule has 0 aliphatic carbocycles. The van der Waals surface area contributed by atoms with Crippen molar-refractivity contribution in [2.24, 2.45) is 0 Å². The van der Waals surface area contributed by atoms with Crippen LogP contribution >= 0.6 is 0 Å². The average Bonchev–Trinajstić information content (AvgIpc) is 2.83. The Kier molecular flexibility index (Phi) is 3.17. The minimum absolute atomic E-state index is 0.138. The highest BCUT2D eigenvalue weighted by atomic mass is 16.3. The topological polar surface area (TPSA) is 52.8 Å². The molecule has 1 aliphatic heterocycles. The first kappa shape index (κ1) is 11.5. The Labute approximate surface area is 106 Å². The van der Waals surface area contributed by atoms with Crippen molar-refractivity contribution in [3.8, 4) is 0 Å². The normalized spacial score (nSPS) is 16.4. The van der Waals surface area contributed by atoms with Crippen molar-refractivity contribution in [2.45, 2.75) is 6.42 Å². The molecule has 5 nitrogen and oxygen atoms in total. The Bertz CT molecular complexity index is 531. The molecule has 2 N–H and O–H groups in total. The third-order valence-corrected chi connectivity index (χ3v) is 3.41. The first-order chi connectivity index (χ1) is 8.88. The fraction of sp³-hybridized carbons (Fsp3) is 0.462. The van der Waals surface area contributed by atoms with E-state index in [1.165, 1.54) is 5.69 Å². The summed E-state index contributed by atoms with van der Waals surface area (Å²) < 4.78 is 2.04. The maximum atomic E-state index is 8.99. The minimum Gasteiger partial charge on any atom is -0.396 e. The van der Waals surface area contributed by atoms with Gasteiger partial charge in [-0.2, -0.15) is 0 Å². The van der Waals surface area contributed by atoms with Gasteiger partial charge in [0.25, 0.3) is 0 Å². The lowest BCUT2D eigenvalue weighted by Gasteiger charge is -2.29. The summed E-state index contributed by atoms with van der Waals surface area (Å²) in [5.41, 5.74) is 2.34. The fourth-order valence-corrected chi connectivity index (χ4v) is 2.45. The molecule has 3 rings (SSSR count). The van der Waals surface area contributed by atoms with Crippen molar-refractivity contribution in [1.29, 1.82) is 0 Å². The van der Waals surface area contributed by atoms with Crippen LogP contribution in [0.2, 0.25) is 0 Å². The minimum atomic E-state index is 0.138. The standard InChI is InChI=1S/C13H18N4O/c18-8-2-13-15-10-12-9-11(1-5-17(12)13)16-6-3-14-4-7-16/h1,5,9-10,14,18H,2-4,6-8H2. The molecule has 0 saturated carbocycles. The zero-order valence-corrected chi connectivity index (χ0v) is 10.3. The first-order valence-corrected chi connectivity index (χ1v) is 6.41. The lowest BCUT2D eigenvalue weighted by molar-refractivity contribution is 0.296. The van der Waals surface area contributed by atoms with Gasteiger partial charge >= 0.3 is 0 Å². The third kappa shape index (κ3) is 2.07. The monoisotopic (exact) mass is 246 g/mol. The molecule has 0 aromatic carbocycles. The van der Waals surface area contributed by atoms with Gasteiger partial charge in [-0.3, -0.25) is 0 Å². The molecule has 2 aromatic rings. The summed E-state index contributed by atoms with van der Waals surface area (Å²) in [6, 6.07) is 4.29. The number of piperazine rings is 1. The summed E-state index contributed by atoms with van der Waals surface area (Å²) in [5.74, 6) is 0.916. The zero-order valence-electron chi connectivity index (χ0n) is 10.3. The second-order valence-electron chi connectivity index (χ2n) is 4.56. The van der Waals surface area contributed by atoms with Crippen LogP contribution < -0.4 is 10.2 Å². The quantitative estimate of drug-likeness (QED) is 0.817. The molecule has 0 spiro atoms. The second-order valence-corrected chi connectivity index (χ2v) is 4.56. The molecule has 1 fully saturated rings. The van der Waals surface area contributed by atoms with Gasteiger partial charge in [-0.15, -0.1) is 0 Å². The number of pyridine rings is 1. The van der Waals surface area contributed by atoms with Gasteiger partial charge in [-0.25, -0.2) is 4.98 Å². The number of aliphatic hydroxyl groups excluding tert-OH is 1. The van der Waals surface area contributed by atoms with E-state index in [9.17, 15) is 0 Å². The van der Waals surface area contributed by atoms with Crippen LogP contribution in [0.4, 0.5) is 5.69 Å². The first-order valence-electron chi connectivity index (χ1n) is 6.41. The molecule has 96 valence electrons. The Hall–Kier alpha value is -1.59. The average molecular weight is 246 g/mol. The van der Waals surface area contributed by atoms with Crippen molar-refractivity contribution in [3.05, 3.63) is 30.4 Å². The van der Waals surface area contributed by atoms with Crippen molar-refractivity contribution >= 4 is 11.2 Å². The van der Waals surface area contributed by atoms with E-state index in [1.54, 1.807) is 0 Å². The molecule has 0 amide bonds. The molecule has 0 atom stereocenters. The third-order valence-electron chi connectivity index (χ3n) is 3.41. The summed E-state index contributed by atoms with van der Waals surface area (Å²) in [6.45, 7) is 4.32. The lowest BCUT2D eigenvalue weighted by Crippen LogP contribution is -2.43. The summed E-state index contributed by atoms with van der Waals surface area (Å²) in [5, 5.41) is 12.3. The van der Waals surface area contributed by atoms with E-state index in [0.29, 0.717) is 6.42 Å². The van der Waals surface area contributed by atoms with Crippen LogP contribution in [0.5, 0.6) is 0 Å². The van der Waals surface area contributed by atoms with Crippen LogP contribution in [0.3, 0.4) is 0 Å². The van der Waals surface area contributed by atoms with Crippen LogP contribution in [-0.4, -0.2) is 47.3 Å².